The number of carbonyl (C=O) groups is 2. The van der Waals surface area contributed by atoms with Crippen molar-refractivity contribution in [3.05, 3.63) is 35.4 Å². The van der Waals surface area contributed by atoms with Crippen LogP contribution in [0.4, 0.5) is 0 Å². The van der Waals surface area contributed by atoms with Crippen molar-refractivity contribution in [2.45, 2.75) is 32.2 Å². The maximum absolute atomic E-state index is 11.9. The van der Waals surface area contributed by atoms with E-state index in [1.54, 1.807) is 0 Å². The van der Waals surface area contributed by atoms with Crippen LogP contribution >= 0.6 is 0 Å². The van der Waals surface area contributed by atoms with Gasteiger partial charge in [-0.05, 0) is 37.3 Å². The highest BCUT2D eigenvalue weighted by Crippen LogP contribution is 2.17. The fourth-order valence-corrected chi connectivity index (χ4v) is 2.41. The molecule has 3 N–H and O–H groups in total. The number of hydrogen-bond donors (Lipinski definition) is 3. The third-order valence-electron chi connectivity index (χ3n) is 3.84. The molecule has 1 unspecified atom stereocenters. The molecule has 1 aromatic rings. The number of rotatable bonds is 8. The first kappa shape index (κ1) is 16.5. The Kier molecular flexibility index (Phi) is 5.95. The van der Waals surface area contributed by atoms with Gasteiger partial charge in [0.1, 0.15) is 0 Å². The molecular weight excluding hydrogens is 278 g/mol. The topological polar surface area (TPSA) is 62.6 Å². The van der Waals surface area contributed by atoms with Crippen molar-refractivity contribution in [2.75, 3.05) is 26.7 Å². The smallest absolute Gasteiger partial charge is 0.275 e. The molecule has 0 heterocycles. The minimum atomic E-state index is -0.00898. The first-order chi connectivity index (χ1) is 10.5. The molecule has 0 bridgehead atoms. The third kappa shape index (κ3) is 5.85. The van der Waals surface area contributed by atoms with Crippen LogP contribution in [0.3, 0.4) is 0 Å². The van der Waals surface area contributed by atoms with Crippen LogP contribution in [0, 0.1) is 6.92 Å². The van der Waals surface area contributed by atoms with Gasteiger partial charge in [-0.1, -0.05) is 24.3 Å². The van der Waals surface area contributed by atoms with Crippen molar-refractivity contribution < 1.29 is 14.5 Å². The fraction of sp³-hybridized carbons (Fsp3) is 0.529. The van der Waals surface area contributed by atoms with E-state index in [1.165, 1.54) is 11.1 Å². The molecule has 0 saturated heterocycles. The molecule has 1 aliphatic carbocycles. The zero-order valence-electron chi connectivity index (χ0n) is 13.4. The average Bonchev–Trinajstić information content (AvgIpc) is 3.24. The summed E-state index contributed by atoms with van der Waals surface area (Å²) in [5.41, 5.74) is 2.50. The SMILES string of the molecule is Cc1ccccc1CCNC(=O)C[NH+](C)CC(=O)NC1CC1. The summed E-state index contributed by atoms with van der Waals surface area (Å²) in [5, 5.41) is 5.86. The quantitative estimate of drug-likeness (QED) is 0.603. The molecule has 1 saturated carbocycles. The monoisotopic (exact) mass is 304 g/mol. The lowest BCUT2D eigenvalue weighted by molar-refractivity contribution is -0.862. The van der Waals surface area contributed by atoms with Crippen LogP contribution in [0.25, 0.3) is 0 Å². The number of quaternary nitrogens is 1. The van der Waals surface area contributed by atoms with Crippen molar-refractivity contribution in [1.82, 2.24) is 10.6 Å². The second-order valence-corrected chi connectivity index (χ2v) is 6.18. The van der Waals surface area contributed by atoms with Crippen molar-refractivity contribution in [3.8, 4) is 0 Å². The van der Waals surface area contributed by atoms with Crippen LogP contribution in [0.5, 0.6) is 0 Å². The number of benzene rings is 1. The number of carbonyl (C=O) groups excluding carboxylic acids is 2. The summed E-state index contributed by atoms with van der Waals surface area (Å²) in [5.74, 6) is 0.0259. The third-order valence-corrected chi connectivity index (χ3v) is 3.84. The summed E-state index contributed by atoms with van der Waals surface area (Å²) in [4.78, 5) is 24.4. The van der Waals surface area contributed by atoms with E-state index in [0.717, 1.165) is 24.2 Å². The molecule has 120 valence electrons. The number of amides is 2. The van der Waals surface area contributed by atoms with Crippen LogP contribution in [-0.4, -0.2) is 44.5 Å². The normalized spacial score (nSPS) is 15.2. The molecule has 1 atom stereocenters. The highest BCUT2D eigenvalue weighted by molar-refractivity contribution is 5.79. The Morgan fingerprint density at radius 2 is 1.86 bits per heavy atom. The van der Waals surface area contributed by atoms with E-state index >= 15 is 0 Å². The van der Waals surface area contributed by atoms with Crippen molar-refractivity contribution in [1.29, 1.82) is 0 Å². The summed E-state index contributed by atoms with van der Waals surface area (Å²) in [7, 11) is 1.87. The Bertz CT molecular complexity index is 526. The standard InChI is InChI=1S/C17H25N3O2/c1-13-5-3-4-6-14(13)9-10-18-16(21)11-20(2)12-17(22)19-15-7-8-15/h3-6,15H,7-12H2,1-2H3,(H,18,21)(H,19,22)/p+1. The zero-order chi connectivity index (χ0) is 15.9. The van der Waals surface area contributed by atoms with Gasteiger partial charge in [0.25, 0.3) is 11.8 Å². The highest BCUT2D eigenvalue weighted by Gasteiger charge is 2.24. The molecule has 1 aromatic carbocycles. The maximum atomic E-state index is 11.9. The van der Waals surface area contributed by atoms with Crippen LogP contribution in [0.1, 0.15) is 24.0 Å². The summed E-state index contributed by atoms with van der Waals surface area (Å²) < 4.78 is 0. The molecule has 5 heteroatoms. The molecule has 0 radical (unpaired) electrons. The fourth-order valence-electron chi connectivity index (χ4n) is 2.41. The Hall–Kier alpha value is -1.88. The van der Waals surface area contributed by atoms with Gasteiger partial charge in [-0.2, -0.15) is 0 Å². The van der Waals surface area contributed by atoms with E-state index in [2.05, 4.69) is 29.7 Å². The number of likely N-dealkylation sites (N-methyl/N-ethyl adjacent to an activating group) is 1. The van der Waals surface area contributed by atoms with Crippen molar-refractivity contribution in [3.63, 3.8) is 0 Å². The number of nitrogens with one attached hydrogen (secondary N) is 3. The van der Waals surface area contributed by atoms with Gasteiger partial charge in [0.2, 0.25) is 0 Å². The van der Waals surface area contributed by atoms with Gasteiger partial charge in [-0.3, -0.25) is 9.59 Å². The lowest BCUT2D eigenvalue weighted by Crippen LogP contribution is -3.11. The summed E-state index contributed by atoms with van der Waals surface area (Å²) in [6, 6.07) is 8.57. The first-order valence-electron chi connectivity index (χ1n) is 7.96. The van der Waals surface area contributed by atoms with Gasteiger partial charge in [-0.25, -0.2) is 0 Å². The van der Waals surface area contributed by atoms with E-state index in [4.69, 9.17) is 0 Å². The Labute approximate surface area is 132 Å². The van der Waals surface area contributed by atoms with Crippen molar-refractivity contribution in [2.24, 2.45) is 0 Å². The molecule has 0 spiro atoms. The second-order valence-electron chi connectivity index (χ2n) is 6.18. The predicted octanol–water partition coefficient (Wildman–Crippen LogP) is -0.553. The molecule has 0 aliphatic heterocycles. The highest BCUT2D eigenvalue weighted by atomic mass is 16.2. The van der Waals surface area contributed by atoms with E-state index in [0.29, 0.717) is 25.7 Å². The Morgan fingerprint density at radius 3 is 2.55 bits per heavy atom. The van der Waals surface area contributed by atoms with Crippen LogP contribution < -0.4 is 15.5 Å². The Balaban J connectivity index is 1.62. The molecule has 1 fully saturated rings. The largest absolute Gasteiger partial charge is 0.351 e. The first-order valence-corrected chi connectivity index (χ1v) is 7.96. The second kappa shape index (κ2) is 7.94. The summed E-state index contributed by atoms with van der Waals surface area (Å²) >= 11 is 0. The molecule has 2 amide bonds. The number of hydrogen-bond acceptors (Lipinski definition) is 2. The van der Waals surface area contributed by atoms with Gasteiger partial charge in [0.15, 0.2) is 13.1 Å². The van der Waals surface area contributed by atoms with Crippen LogP contribution in [0.15, 0.2) is 24.3 Å². The minimum absolute atomic E-state index is 0.00898. The number of aryl methyl sites for hydroxylation is 1. The summed E-state index contributed by atoms with van der Waals surface area (Å²) in [6.07, 6.45) is 3.01. The lowest BCUT2D eigenvalue weighted by Gasteiger charge is -2.13. The van der Waals surface area contributed by atoms with Crippen LogP contribution in [0.2, 0.25) is 0 Å². The van der Waals surface area contributed by atoms with E-state index in [1.807, 2.05) is 19.2 Å². The Morgan fingerprint density at radius 1 is 1.18 bits per heavy atom. The van der Waals surface area contributed by atoms with Gasteiger partial charge >= 0.3 is 0 Å². The van der Waals surface area contributed by atoms with Gasteiger partial charge < -0.3 is 15.5 Å². The predicted molar refractivity (Wildman–Crippen MR) is 85.7 cm³/mol. The van der Waals surface area contributed by atoms with E-state index in [-0.39, 0.29) is 11.8 Å². The van der Waals surface area contributed by atoms with Gasteiger partial charge in [0.05, 0.1) is 7.05 Å². The minimum Gasteiger partial charge on any atom is -0.351 e. The van der Waals surface area contributed by atoms with E-state index < -0.39 is 0 Å². The van der Waals surface area contributed by atoms with Crippen molar-refractivity contribution >= 4 is 11.8 Å². The molecule has 22 heavy (non-hydrogen) atoms. The molecule has 2 rings (SSSR count). The zero-order valence-corrected chi connectivity index (χ0v) is 13.4. The van der Waals surface area contributed by atoms with E-state index in [9.17, 15) is 9.59 Å². The average molecular weight is 304 g/mol. The van der Waals surface area contributed by atoms with Crippen LogP contribution in [-0.2, 0) is 16.0 Å². The lowest BCUT2D eigenvalue weighted by atomic mass is 10.1. The molecule has 0 aromatic heterocycles. The maximum Gasteiger partial charge on any atom is 0.275 e. The summed E-state index contributed by atoms with van der Waals surface area (Å²) in [6.45, 7) is 3.38. The molecule has 1 aliphatic rings. The van der Waals surface area contributed by atoms with Gasteiger partial charge in [0, 0.05) is 12.6 Å². The molecule has 5 nitrogen and oxygen atoms in total. The van der Waals surface area contributed by atoms with Gasteiger partial charge in [-0.15, -0.1) is 0 Å². The molecular formula is C17H26N3O2+.